The van der Waals surface area contributed by atoms with Crippen LogP contribution in [0.4, 0.5) is 5.69 Å². The van der Waals surface area contributed by atoms with E-state index in [-0.39, 0.29) is 48.2 Å². The van der Waals surface area contributed by atoms with E-state index in [1.807, 2.05) is 0 Å². The summed E-state index contributed by atoms with van der Waals surface area (Å²) in [5.74, 6) is 0.407. The topological polar surface area (TPSA) is 139 Å². The number of nitrogens with one attached hydrogen (secondary N) is 2. The zero-order chi connectivity index (χ0) is 27.9. The van der Waals surface area contributed by atoms with Crippen molar-refractivity contribution in [3.8, 4) is 17.2 Å². The molecule has 0 unspecified atom stereocenters. The zero-order valence-electron chi connectivity index (χ0n) is 22.2. The first-order valence-electron chi connectivity index (χ1n) is 12.6. The van der Waals surface area contributed by atoms with E-state index in [0.29, 0.717) is 30.3 Å². The molecular formula is C27H32N4O8. The fourth-order valence-electron chi connectivity index (χ4n) is 4.45. The van der Waals surface area contributed by atoms with Crippen LogP contribution < -0.4 is 36.1 Å². The number of fused-ring (bicyclic) bond motifs is 1. The molecule has 0 bridgehead atoms. The van der Waals surface area contributed by atoms with Gasteiger partial charge in [0.05, 0.1) is 38.3 Å². The second-order valence-electron chi connectivity index (χ2n) is 9.02. The lowest BCUT2D eigenvalue weighted by Gasteiger charge is -2.16. The number of benzene rings is 2. The molecule has 2 aromatic carbocycles. The summed E-state index contributed by atoms with van der Waals surface area (Å²) in [4.78, 5) is 52.3. The molecule has 3 aromatic rings. The van der Waals surface area contributed by atoms with E-state index in [1.165, 1.54) is 38.0 Å². The summed E-state index contributed by atoms with van der Waals surface area (Å²) in [7, 11) is 4.40. The van der Waals surface area contributed by atoms with Gasteiger partial charge in [-0.25, -0.2) is 4.79 Å². The molecule has 2 N–H and O–H groups in total. The molecule has 0 aliphatic carbocycles. The number of ether oxygens (including phenoxy) is 4. The summed E-state index contributed by atoms with van der Waals surface area (Å²) in [5, 5.41) is 5.67. The van der Waals surface area contributed by atoms with Gasteiger partial charge in [0.15, 0.2) is 11.5 Å². The molecule has 1 aromatic heterocycles. The van der Waals surface area contributed by atoms with Crippen molar-refractivity contribution in [3.05, 3.63) is 57.2 Å². The van der Waals surface area contributed by atoms with Gasteiger partial charge < -0.3 is 29.6 Å². The van der Waals surface area contributed by atoms with Crippen LogP contribution in [-0.2, 0) is 27.4 Å². The molecule has 2 heterocycles. The molecule has 2 amide bonds. The summed E-state index contributed by atoms with van der Waals surface area (Å²) in [6.07, 6.45) is 1.70. The fraction of sp³-hybridized carbons (Fsp3) is 0.407. The number of aromatic nitrogens is 2. The van der Waals surface area contributed by atoms with Gasteiger partial charge in [-0.15, -0.1) is 0 Å². The van der Waals surface area contributed by atoms with Crippen LogP contribution in [0, 0.1) is 0 Å². The van der Waals surface area contributed by atoms with Crippen molar-refractivity contribution in [2.75, 3.05) is 39.8 Å². The second-order valence-corrected chi connectivity index (χ2v) is 9.02. The Morgan fingerprint density at radius 2 is 1.69 bits per heavy atom. The van der Waals surface area contributed by atoms with Gasteiger partial charge in [-0.1, -0.05) is 0 Å². The molecule has 1 fully saturated rings. The van der Waals surface area contributed by atoms with Crippen LogP contribution in [0.25, 0.3) is 10.9 Å². The second kappa shape index (κ2) is 12.5. The number of carbonyl (C=O) groups is 2. The van der Waals surface area contributed by atoms with Gasteiger partial charge in [0.1, 0.15) is 12.3 Å². The number of hydrogen-bond donors (Lipinski definition) is 2. The first kappa shape index (κ1) is 27.7. The van der Waals surface area contributed by atoms with Crippen molar-refractivity contribution in [2.45, 2.75) is 38.5 Å². The van der Waals surface area contributed by atoms with Gasteiger partial charge in [0.2, 0.25) is 11.8 Å². The first-order chi connectivity index (χ1) is 18.8. The maximum Gasteiger partial charge on any atom is 0.331 e. The number of carbonyl (C=O) groups excluding carboxylic acids is 2. The molecule has 4 rings (SSSR count). The maximum atomic E-state index is 13.5. The van der Waals surface area contributed by atoms with Crippen molar-refractivity contribution < 1.29 is 28.5 Å². The highest BCUT2D eigenvalue weighted by Crippen LogP contribution is 2.30. The lowest BCUT2D eigenvalue weighted by atomic mass is 10.2. The van der Waals surface area contributed by atoms with E-state index in [1.54, 1.807) is 24.3 Å². The Bertz CT molecular complexity index is 1460. The third-order valence-corrected chi connectivity index (χ3v) is 6.52. The minimum Gasteiger partial charge on any atom is -0.497 e. The van der Waals surface area contributed by atoms with E-state index in [4.69, 9.17) is 18.9 Å². The van der Waals surface area contributed by atoms with Crippen LogP contribution in [0.2, 0.25) is 0 Å². The summed E-state index contributed by atoms with van der Waals surface area (Å²) in [5.41, 5.74) is -0.619. The summed E-state index contributed by atoms with van der Waals surface area (Å²) in [6, 6.07) is 9.66. The van der Waals surface area contributed by atoms with Gasteiger partial charge >= 0.3 is 5.69 Å². The van der Waals surface area contributed by atoms with Crippen LogP contribution in [0.5, 0.6) is 17.2 Å². The molecule has 0 radical (unpaired) electrons. The monoisotopic (exact) mass is 540 g/mol. The summed E-state index contributed by atoms with van der Waals surface area (Å²) in [6.45, 7) is 0.493. The Morgan fingerprint density at radius 3 is 2.33 bits per heavy atom. The third-order valence-electron chi connectivity index (χ3n) is 6.52. The Balaban J connectivity index is 1.64. The maximum absolute atomic E-state index is 13.5. The van der Waals surface area contributed by atoms with Crippen LogP contribution in [0.1, 0.15) is 19.3 Å². The van der Waals surface area contributed by atoms with E-state index >= 15 is 0 Å². The highest BCUT2D eigenvalue weighted by Gasteiger charge is 2.20. The van der Waals surface area contributed by atoms with E-state index in [0.717, 1.165) is 17.4 Å². The number of amides is 2. The lowest BCUT2D eigenvalue weighted by Crippen LogP contribution is -2.43. The molecule has 1 aliphatic rings. The molecule has 1 atom stereocenters. The molecule has 1 aliphatic heterocycles. The molecular weight excluding hydrogens is 508 g/mol. The van der Waals surface area contributed by atoms with E-state index in [2.05, 4.69) is 10.6 Å². The van der Waals surface area contributed by atoms with E-state index < -0.39 is 17.2 Å². The highest BCUT2D eigenvalue weighted by molar-refractivity contribution is 5.92. The highest BCUT2D eigenvalue weighted by atomic mass is 16.5. The minimum atomic E-state index is -0.725. The predicted octanol–water partition coefficient (Wildman–Crippen LogP) is 1.51. The average molecular weight is 541 g/mol. The Morgan fingerprint density at radius 1 is 0.974 bits per heavy atom. The minimum absolute atomic E-state index is 0.0266. The Labute approximate surface area is 224 Å². The molecule has 0 saturated carbocycles. The number of anilines is 1. The Hall–Kier alpha value is -4.32. The van der Waals surface area contributed by atoms with Crippen LogP contribution in [0.3, 0.4) is 0 Å². The molecule has 12 nitrogen and oxygen atoms in total. The van der Waals surface area contributed by atoms with Crippen molar-refractivity contribution in [1.29, 1.82) is 0 Å². The van der Waals surface area contributed by atoms with Gasteiger partial charge in [-0.05, 0) is 43.2 Å². The van der Waals surface area contributed by atoms with Crippen molar-refractivity contribution in [1.82, 2.24) is 14.5 Å². The SMILES string of the molecule is COc1ccc(NC(=O)Cn2c(=O)n(CCC(=O)NC[C@@H]3CCCO3)c(=O)c3cc(OC)c(OC)cc32)cc1. The summed E-state index contributed by atoms with van der Waals surface area (Å²) < 4.78 is 23.5. The fourth-order valence-corrected chi connectivity index (χ4v) is 4.45. The number of rotatable bonds is 11. The quantitative estimate of drug-likeness (QED) is 0.373. The van der Waals surface area contributed by atoms with Gasteiger partial charge in [-0.3, -0.25) is 23.5 Å². The van der Waals surface area contributed by atoms with Crippen molar-refractivity contribution >= 4 is 28.4 Å². The molecule has 12 heteroatoms. The molecule has 39 heavy (non-hydrogen) atoms. The molecule has 0 spiro atoms. The van der Waals surface area contributed by atoms with E-state index in [9.17, 15) is 19.2 Å². The largest absolute Gasteiger partial charge is 0.497 e. The lowest BCUT2D eigenvalue weighted by molar-refractivity contribution is -0.122. The predicted molar refractivity (Wildman–Crippen MR) is 144 cm³/mol. The number of nitrogens with zero attached hydrogens (tertiary/aromatic N) is 2. The van der Waals surface area contributed by atoms with Crippen molar-refractivity contribution in [3.63, 3.8) is 0 Å². The molecule has 208 valence electrons. The average Bonchev–Trinajstić information content (AvgIpc) is 3.47. The first-order valence-corrected chi connectivity index (χ1v) is 12.6. The van der Waals surface area contributed by atoms with Crippen LogP contribution in [0.15, 0.2) is 46.0 Å². The standard InChI is InChI=1S/C27H32N4O8/c1-36-18-8-6-17(7-9-18)29-25(33)16-31-21-14-23(38-3)22(37-2)13-20(21)26(34)30(27(31)35)11-10-24(32)28-15-19-5-4-12-39-19/h6-9,13-14,19H,4-5,10-12,15-16H2,1-3H3,(H,28,32)(H,29,33)/t19-/m0/s1. The van der Waals surface area contributed by atoms with Crippen LogP contribution in [-0.4, -0.2) is 61.5 Å². The number of methoxy groups -OCH3 is 3. The van der Waals surface area contributed by atoms with Gasteiger partial charge in [0.25, 0.3) is 5.56 Å². The Kier molecular flexibility index (Phi) is 8.87. The van der Waals surface area contributed by atoms with Crippen molar-refractivity contribution in [2.24, 2.45) is 0 Å². The zero-order valence-corrected chi connectivity index (χ0v) is 22.2. The summed E-state index contributed by atoms with van der Waals surface area (Å²) >= 11 is 0. The van der Waals surface area contributed by atoms with Crippen LogP contribution >= 0.6 is 0 Å². The third kappa shape index (κ3) is 6.40. The molecule has 1 saturated heterocycles. The smallest absolute Gasteiger partial charge is 0.331 e. The number of hydrogen-bond acceptors (Lipinski definition) is 8. The normalized spacial score (nSPS) is 14.7. The van der Waals surface area contributed by atoms with Gasteiger partial charge in [0, 0.05) is 37.9 Å². The van der Waals surface area contributed by atoms with Gasteiger partial charge in [-0.2, -0.15) is 0 Å².